The minimum Gasteiger partial charge on any atom is -0.345 e. The molecule has 0 heterocycles. The second-order valence-electron chi connectivity index (χ2n) is 8.07. The summed E-state index contributed by atoms with van der Waals surface area (Å²) >= 11 is 0. The third-order valence-corrected chi connectivity index (χ3v) is 7.87. The van der Waals surface area contributed by atoms with E-state index in [2.05, 4.69) is 5.32 Å². The lowest BCUT2D eigenvalue weighted by atomic mass is 9.88. The van der Waals surface area contributed by atoms with E-state index >= 15 is 0 Å². The van der Waals surface area contributed by atoms with E-state index in [1.807, 2.05) is 20.8 Å². The van der Waals surface area contributed by atoms with Crippen LogP contribution >= 0.6 is 12.4 Å². The van der Waals surface area contributed by atoms with Gasteiger partial charge in [0.05, 0.1) is 10.4 Å². The van der Waals surface area contributed by atoms with Crippen molar-refractivity contribution in [1.29, 1.82) is 0 Å². The molecule has 1 saturated carbocycles. The van der Waals surface area contributed by atoms with Gasteiger partial charge in [0.2, 0.25) is 10.0 Å². The Hall–Kier alpha value is -1.15. The molecule has 1 aliphatic rings. The largest absolute Gasteiger partial charge is 0.345 e. The fraction of sp³-hybridized carbons (Fsp3) is 0.650. The zero-order valence-electron chi connectivity index (χ0n) is 17.3. The molecule has 1 fully saturated rings. The van der Waals surface area contributed by atoms with Crippen LogP contribution in [0.2, 0.25) is 0 Å². The molecular weight excluding hydrogens is 398 g/mol. The minimum absolute atomic E-state index is 0. The van der Waals surface area contributed by atoms with Crippen molar-refractivity contribution in [1.82, 2.24) is 9.62 Å². The molecule has 0 aliphatic heterocycles. The van der Waals surface area contributed by atoms with E-state index < -0.39 is 15.6 Å². The van der Waals surface area contributed by atoms with Crippen LogP contribution in [0.3, 0.4) is 0 Å². The van der Waals surface area contributed by atoms with Crippen LogP contribution in [0.1, 0.15) is 63.2 Å². The molecule has 0 spiro atoms. The van der Waals surface area contributed by atoms with E-state index in [1.165, 1.54) is 10.4 Å². The van der Waals surface area contributed by atoms with Gasteiger partial charge in [-0.1, -0.05) is 39.2 Å². The van der Waals surface area contributed by atoms with Gasteiger partial charge >= 0.3 is 0 Å². The number of nitrogens with one attached hydrogen (secondary N) is 1. The second-order valence-corrected chi connectivity index (χ2v) is 10.1. The van der Waals surface area contributed by atoms with Crippen molar-refractivity contribution < 1.29 is 13.2 Å². The predicted octanol–water partition coefficient (Wildman–Crippen LogP) is 3.16. The van der Waals surface area contributed by atoms with Crippen molar-refractivity contribution in [2.24, 2.45) is 11.7 Å². The summed E-state index contributed by atoms with van der Waals surface area (Å²) < 4.78 is 27.5. The fourth-order valence-electron chi connectivity index (χ4n) is 3.37. The lowest BCUT2D eigenvalue weighted by Crippen LogP contribution is -2.55. The highest BCUT2D eigenvalue weighted by molar-refractivity contribution is 7.89. The summed E-state index contributed by atoms with van der Waals surface area (Å²) in [6.07, 6.45) is 5.05. The Labute approximate surface area is 175 Å². The second kappa shape index (κ2) is 10.1. The topological polar surface area (TPSA) is 92.5 Å². The molecule has 28 heavy (non-hydrogen) atoms. The number of sulfonamides is 1. The van der Waals surface area contributed by atoms with Gasteiger partial charge in [-0.3, -0.25) is 4.79 Å². The highest BCUT2D eigenvalue weighted by atomic mass is 35.5. The minimum atomic E-state index is -3.63. The van der Waals surface area contributed by atoms with E-state index in [0.717, 1.165) is 32.1 Å². The highest BCUT2D eigenvalue weighted by Gasteiger charge is 2.31. The predicted molar refractivity (Wildman–Crippen MR) is 115 cm³/mol. The smallest absolute Gasteiger partial charge is 0.251 e. The maximum absolute atomic E-state index is 13.0. The molecule has 0 bridgehead atoms. The van der Waals surface area contributed by atoms with Gasteiger partial charge in [-0.2, -0.15) is 4.31 Å². The van der Waals surface area contributed by atoms with Crippen molar-refractivity contribution in [3.8, 4) is 0 Å². The van der Waals surface area contributed by atoms with Gasteiger partial charge in [0.25, 0.3) is 5.91 Å². The Morgan fingerprint density at radius 2 is 1.89 bits per heavy atom. The summed E-state index contributed by atoms with van der Waals surface area (Å²) in [5.74, 6) is -0.162. The van der Waals surface area contributed by atoms with Crippen LogP contribution in [0.15, 0.2) is 29.2 Å². The summed E-state index contributed by atoms with van der Waals surface area (Å²) in [5, 5.41) is 2.96. The lowest BCUT2D eigenvalue weighted by molar-refractivity contribution is 0.0883. The molecule has 160 valence electrons. The number of nitrogens with two attached hydrogens (primary N) is 1. The molecule has 6 nitrogen and oxygen atoms in total. The van der Waals surface area contributed by atoms with Gasteiger partial charge in [0.1, 0.15) is 0 Å². The van der Waals surface area contributed by atoms with Crippen LogP contribution in [-0.2, 0) is 10.0 Å². The van der Waals surface area contributed by atoms with Crippen molar-refractivity contribution in [2.45, 2.75) is 69.4 Å². The molecule has 1 atom stereocenters. The van der Waals surface area contributed by atoms with E-state index in [9.17, 15) is 13.2 Å². The van der Waals surface area contributed by atoms with Crippen LogP contribution in [0.5, 0.6) is 0 Å². The van der Waals surface area contributed by atoms with Gasteiger partial charge in [-0.15, -0.1) is 12.4 Å². The average molecular weight is 432 g/mol. The Morgan fingerprint density at radius 3 is 2.43 bits per heavy atom. The number of hydrogen-bond acceptors (Lipinski definition) is 4. The molecule has 8 heteroatoms. The van der Waals surface area contributed by atoms with Crippen molar-refractivity contribution in [3.63, 3.8) is 0 Å². The van der Waals surface area contributed by atoms with E-state index in [0.29, 0.717) is 12.1 Å². The van der Waals surface area contributed by atoms with Gasteiger partial charge in [-0.05, 0) is 43.9 Å². The standard InChI is InChI=1S/C20H33N3O3S.ClH/c1-15(2)20(3,14-21)22-19(24)16-9-8-12-18(13-16)27(25,26)23(4)17-10-6-5-7-11-17;/h8-9,12-13,15,17H,5-7,10-11,14,21H2,1-4H3,(H,22,24);1H. The first-order valence-electron chi connectivity index (χ1n) is 9.72. The van der Waals surface area contributed by atoms with Crippen LogP contribution in [-0.4, -0.2) is 43.8 Å². The maximum Gasteiger partial charge on any atom is 0.251 e. The summed E-state index contributed by atoms with van der Waals surface area (Å²) in [6, 6.07) is 6.29. The van der Waals surface area contributed by atoms with Crippen LogP contribution in [0.25, 0.3) is 0 Å². The van der Waals surface area contributed by atoms with Gasteiger partial charge in [0, 0.05) is 25.2 Å². The summed E-state index contributed by atoms with van der Waals surface area (Å²) in [6.45, 7) is 6.19. The normalized spacial score (nSPS) is 17.8. The fourth-order valence-corrected chi connectivity index (χ4v) is 4.83. The molecule has 1 amide bonds. The number of benzene rings is 1. The zero-order chi connectivity index (χ0) is 20.2. The molecule has 0 saturated heterocycles. The monoisotopic (exact) mass is 431 g/mol. The summed E-state index contributed by atoms with van der Waals surface area (Å²) in [4.78, 5) is 12.9. The molecule has 2 rings (SSSR count). The van der Waals surface area contributed by atoms with E-state index in [4.69, 9.17) is 5.73 Å². The van der Waals surface area contributed by atoms with Crippen LogP contribution in [0, 0.1) is 5.92 Å². The highest BCUT2D eigenvalue weighted by Crippen LogP contribution is 2.27. The quantitative estimate of drug-likeness (QED) is 0.693. The number of nitrogens with zero attached hydrogens (tertiary/aromatic N) is 1. The Kier molecular flexibility index (Phi) is 8.93. The number of hydrogen-bond donors (Lipinski definition) is 2. The summed E-state index contributed by atoms with van der Waals surface area (Å²) in [5.41, 5.74) is 5.62. The maximum atomic E-state index is 13.0. The van der Waals surface area contributed by atoms with Crippen molar-refractivity contribution in [2.75, 3.05) is 13.6 Å². The zero-order valence-corrected chi connectivity index (χ0v) is 18.9. The molecule has 0 radical (unpaired) electrons. The van der Waals surface area contributed by atoms with Crippen molar-refractivity contribution in [3.05, 3.63) is 29.8 Å². The Balaban J connectivity index is 0.00000392. The van der Waals surface area contributed by atoms with E-state index in [-0.39, 0.29) is 35.2 Å². The van der Waals surface area contributed by atoms with Gasteiger partial charge in [0.15, 0.2) is 0 Å². The third-order valence-electron chi connectivity index (χ3n) is 5.96. The molecule has 1 unspecified atom stereocenters. The number of halogens is 1. The number of rotatable bonds is 7. The van der Waals surface area contributed by atoms with Crippen LogP contribution in [0.4, 0.5) is 0 Å². The van der Waals surface area contributed by atoms with Gasteiger partial charge in [-0.25, -0.2) is 8.42 Å². The van der Waals surface area contributed by atoms with Crippen LogP contribution < -0.4 is 11.1 Å². The lowest BCUT2D eigenvalue weighted by Gasteiger charge is -2.33. The number of amides is 1. The third kappa shape index (κ3) is 5.47. The van der Waals surface area contributed by atoms with Gasteiger partial charge < -0.3 is 11.1 Å². The Morgan fingerprint density at radius 1 is 1.29 bits per heavy atom. The first-order chi connectivity index (χ1) is 12.6. The SMILES string of the molecule is CC(C)C(C)(CN)NC(=O)c1cccc(S(=O)(=O)N(C)C2CCCCC2)c1.Cl. The first kappa shape index (κ1) is 24.9. The number of carbonyl (C=O) groups excluding carboxylic acids is 1. The van der Waals surface area contributed by atoms with E-state index in [1.54, 1.807) is 25.2 Å². The first-order valence-corrected chi connectivity index (χ1v) is 11.2. The van der Waals surface area contributed by atoms with Crippen molar-refractivity contribution >= 4 is 28.3 Å². The molecule has 1 aromatic carbocycles. The summed E-state index contributed by atoms with van der Waals surface area (Å²) in [7, 11) is -1.99. The number of carbonyl (C=O) groups is 1. The average Bonchev–Trinajstić information content (AvgIpc) is 2.67. The molecule has 3 N–H and O–H groups in total. The molecule has 0 aromatic heterocycles. The molecule has 1 aromatic rings. The molecule has 1 aliphatic carbocycles. The Bertz CT molecular complexity index is 764. The molecular formula is C20H34ClN3O3S.